The summed E-state index contributed by atoms with van der Waals surface area (Å²) in [5, 5.41) is 8.44. The maximum absolute atomic E-state index is 13.4. The highest BCUT2D eigenvalue weighted by Gasteiger charge is 2.17. The van der Waals surface area contributed by atoms with Gasteiger partial charge in [0.1, 0.15) is 5.82 Å². The van der Waals surface area contributed by atoms with Crippen molar-refractivity contribution in [3.63, 3.8) is 0 Å². The van der Waals surface area contributed by atoms with E-state index >= 15 is 0 Å². The van der Waals surface area contributed by atoms with Gasteiger partial charge in [-0.05, 0) is 22.0 Å². The smallest absolute Gasteiger partial charge is 0.166 e. The van der Waals surface area contributed by atoms with E-state index in [4.69, 9.17) is 5.26 Å². The Bertz CT molecular complexity index is 401. The van der Waals surface area contributed by atoms with Gasteiger partial charge in [-0.25, -0.2) is 8.78 Å². The zero-order valence-corrected chi connectivity index (χ0v) is 8.86. The van der Waals surface area contributed by atoms with Crippen LogP contribution in [0.15, 0.2) is 10.5 Å². The van der Waals surface area contributed by atoms with Crippen LogP contribution in [-0.2, 0) is 6.42 Å². The number of nitrogens with zero attached hydrogens (tertiary/aromatic N) is 1. The summed E-state index contributed by atoms with van der Waals surface area (Å²) >= 11 is 2.85. The quantitative estimate of drug-likeness (QED) is 0.768. The highest BCUT2D eigenvalue weighted by molar-refractivity contribution is 9.10. The molecule has 1 rings (SSSR count). The zero-order valence-electron chi connectivity index (χ0n) is 7.27. The summed E-state index contributed by atoms with van der Waals surface area (Å²) in [5.41, 5.74) is -0.0677. The number of ether oxygens (including phenoxy) is 1. The van der Waals surface area contributed by atoms with Gasteiger partial charge in [0.2, 0.25) is 0 Å². The summed E-state index contributed by atoms with van der Waals surface area (Å²) in [6.07, 6.45) is -0.231. The predicted molar refractivity (Wildman–Crippen MR) is 49.9 cm³/mol. The van der Waals surface area contributed by atoms with Crippen LogP contribution in [0.1, 0.15) is 5.56 Å². The topological polar surface area (TPSA) is 33.0 Å². The number of rotatable bonds is 2. The van der Waals surface area contributed by atoms with Crippen molar-refractivity contribution in [2.45, 2.75) is 6.42 Å². The molecule has 1 aromatic rings. The maximum atomic E-state index is 13.4. The molecule has 0 aromatic heterocycles. The van der Waals surface area contributed by atoms with Gasteiger partial charge < -0.3 is 4.74 Å². The van der Waals surface area contributed by atoms with Gasteiger partial charge in [0.25, 0.3) is 0 Å². The minimum absolute atomic E-state index is 0.0129. The summed E-state index contributed by atoms with van der Waals surface area (Å²) in [4.78, 5) is 0. The van der Waals surface area contributed by atoms with Crippen molar-refractivity contribution in [2.75, 3.05) is 7.11 Å². The van der Waals surface area contributed by atoms with Crippen LogP contribution in [-0.4, -0.2) is 7.11 Å². The van der Waals surface area contributed by atoms with Crippen LogP contribution < -0.4 is 4.74 Å². The normalized spacial score (nSPS) is 9.64. The van der Waals surface area contributed by atoms with E-state index in [1.807, 2.05) is 0 Å². The van der Waals surface area contributed by atoms with Gasteiger partial charge in [-0.3, -0.25) is 0 Å². The second-order valence-electron chi connectivity index (χ2n) is 2.50. The number of benzene rings is 1. The molecule has 0 saturated carbocycles. The van der Waals surface area contributed by atoms with Crippen LogP contribution in [0.3, 0.4) is 0 Å². The number of nitriles is 1. The number of hydrogen-bond acceptors (Lipinski definition) is 2. The van der Waals surface area contributed by atoms with Crippen molar-refractivity contribution < 1.29 is 13.5 Å². The lowest BCUT2D eigenvalue weighted by Crippen LogP contribution is -1.99. The number of methoxy groups -OCH3 is 1. The highest BCUT2D eigenvalue weighted by atomic mass is 79.9. The molecule has 0 aliphatic heterocycles. The van der Waals surface area contributed by atoms with Gasteiger partial charge in [-0.1, -0.05) is 0 Å². The van der Waals surface area contributed by atoms with E-state index in [-0.39, 0.29) is 22.2 Å². The van der Waals surface area contributed by atoms with Crippen molar-refractivity contribution in [1.29, 1.82) is 5.26 Å². The van der Waals surface area contributed by atoms with Crippen LogP contribution in [0, 0.1) is 23.0 Å². The molecule has 1 aromatic carbocycles. The third-order valence-electron chi connectivity index (χ3n) is 1.68. The molecular formula is C9H6BrF2NO. The first-order chi connectivity index (χ1) is 6.61. The summed E-state index contributed by atoms with van der Waals surface area (Å²) in [5.74, 6) is -1.57. The van der Waals surface area contributed by atoms with Gasteiger partial charge in [0.15, 0.2) is 11.6 Å². The molecule has 0 bridgehead atoms. The van der Waals surface area contributed by atoms with Crippen molar-refractivity contribution in [3.8, 4) is 11.8 Å². The van der Waals surface area contributed by atoms with E-state index in [1.165, 1.54) is 7.11 Å². The van der Waals surface area contributed by atoms with Gasteiger partial charge >= 0.3 is 0 Å². The Morgan fingerprint density at radius 3 is 2.71 bits per heavy atom. The Morgan fingerprint density at radius 1 is 1.57 bits per heavy atom. The Kier molecular flexibility index (Phi) is 3.42. The molecule has 0 unspecified atom stereocenters. The van der Waals surface area contributed by atoms with Crippen LogP contribution in [0.4, 0.5) is 8.78 Å². The first kappa shape index (κ1) is 10.9. The summed E-state index contributed by atoms with van der Waals surface area (Å²) in [6, 6.07) is 2.71. The number of halogens is 3. The fraction of sp³-hybridized carbons (Fsp3) is 0.222. The lowest BCUT2D eigenvalue weighted by Gasteiger charge is -2.09. The van der Waals surface area contributed by atoms with E-state index in [2.05, 4.69) is 20.7 Å². The molecule has 0 heterocycles. The van der Waals surface area contributed by atoms with Gasteiger partial charge in [0, 0.05) is 5.56 Å². The molecule has 0 radical (unpaired) electrons. The average molecular weight is 262 g/mol. The molecule has 0 atom stereocenters. The van der Waals surface area contributed by atoms with E-state index in [0.717, 1.165) is 6.07 Å². The summed E-state index contributed by atoms with van der Waals surface area (Å²) < 4.78 is 31.2. The fourth-order valence-electron chi connectivity index (χ4n) is 1.09. The van der Waals surface area contributed by atoms with Gasteiger partial charge in [0.05, 0.1) is 24.1 Å². The van der Waals surface area contributed by atoms with Gasteiger partial charge in [-0.15, -0.1) is 0 Å². The molecule has 0 spiro atoms. The van der Waals surface area contributed by atoms with E-state index in [9.17, 15) is 8.78 Å². The van der Waals surface area contributed by atoms with Crippen molar-refractivity contribution in [3.05, 3.63) is 27.7 Å². The minimum atomic E-state index is -0.689. The standard InChI is InChI=1S/C9H6BrF2NO/c1-14-9-5(2-3-13)8(12)6(10)4-7(9)11/h4H,2H2,1H3. The predicted octanol–water partition coefficient (Wildman–Crippen LogP) is 2.80. The summed E-state index contributed by atoms with van der Waals surface area (Å²) in [6.45, 7) is 0. The molecule has 0 aliphatic carbocycles. The zero-order chi connectivity index (χ0) is 10.7. The Morgan fingerprint density at radius 2 is 2.21 bits per heavy atom. The molecule has 74 valence electrons. The third kappa shape index (κ3) is 1.85. The molecule has 2 nitrogen and oxygen atoms in total. The van der Waals surface area contributed by atoms with E-state index in [0.29, 0.717) is 0 Å². The minimum Gasteiger partial charge on any atom is -0.493 e. The lowest BCUT2D eigenvalue weighted by molar-refractivity contribution is 0.377. The van der Waals surface area contributed by atoms with Crippen molar-refractivity contribution in [2.24, 2.45) is 0 Å². The highest BCUT2D eigenvalue weighted by Crippen LogP contribution is 2.30. The van der Waals surface area contributed by atoms with Crippen LogP contribution in [0.5, 0.6) is 5.75 Å². The van der Waals surface area contributed by atoms with Gasteiger partial charge in [-0.2, -0.15) is 5.26 Å². The van der Waals surface area contributed by atoms with Crippen molar-refractivity contribution >= 4 is 15.9 Å². The Hall–Kier alpha value is -1.15. The van der Waals surface area contributed by atoms with Crippen LogP contribution in [0.2, 0.25) is 0 Å². The molecule has 0 aliphatic rings. The molecule has 0 saturated heterocycles. The Labute approximate surface area is 88.2 Å². The molecule has 0 amide bonds. The number of hydrogen-bond donors (Lipinski definition) is 0. The van der Waals surface area contributed by atoms with Crippen LogP contribution in [0.25, 0.3) is 0 Å². The molecule has 0 fully saturated rings. The molecular weight excluding hydrogens is 256 g/mol. The average Bonchev–Trinajstić information content (AvgIpc) is 2.14. The van der Waals surface area contributed by atoms with Crippen LogP contribution >= 0.6 is 15.9 Å². The molecule has 5 heteroatoms. The SMILES string of the molecule is COc1c(F)cc(Br)c(F)c1CC#N. The Balaban J connectivity index is 3.41. The maximum Gasteiger partial charge on any atom is 0.166 e. The second kappa shape index (κ2) is 4.38. The van der Waals surface area contributed by atoms with Crippen molar-refractivity contribution in [1.82, 2.24) is 0 Å². The first-order valence-electron chi connectivity index (χ1n) is 3.69. The van der Waals surface area contributed by atoms with E-state index in [1.54, 1.807) is 6.07 Å². The third-order valence-corrected chi connectivity index (χ3v) is 2.26. The van der Waals surface area contributed by atoms with E-state index < -0.39 is 11.6 Å². The molecule has 0 N–H and O–H groups in total. The molecule has 14 heavy (non-hydrogen) atoms. The first-order valence-corrected chi connectivity index (χ1v) is 4.48. The second-order valence-corrected chi connectivity index (χ2v) is 3.36. The monoisotopic (exact) mass is 261 g/mol. The summed E-state index contributed by atoms with van der Waals surface area (Å²) in [7, 11) is 1.23. The lowest BCUT2D eigenvalue weighted by atomic mass is 10.1. The fourth-order valence-corrected chi connectivity index (χ4v) is 1.53. The largest absolute Gasteiger partial charge is 0.493 e.